The van der Waals surface area contributed by atoms with E-state index in [1.807, 2.05) is 30.3 Å². The molecular formula is C24H28N4O4. The first-order valence-electron chi connectivity index (χ1n) is 10.6. The fourth-order valence-electron chi connectivity index (χ4n) is 3.76. The second-order valence-corrected chi connectivity index (χ2v) is 7.90. The number of aliphatic hydroxyl groups is 2. The maximum absolute atomic E-state index is 12.7. The van der Waals surface area contributed by atoms with Gasteiger partial charge < -0.3 is 20.1 Å². The summed E-state index contributed by atoms with van der Waals surface area (Å²) in [6.45, 7) is 0.507. The molecule has 2 aromatic rings. The van der Waals surface area contributed by atoms with Gasteiger partial charge in [0, 0.05) is 19.5 Å². The lowest BCUT2D eigenvalue weighted by Gasteiger charge is -2.40. The molecule has 2 heterocycles. The second-order valence-electron chi connectivity index (χ2n) is 7.90. The highest BCUT2D eigenvalue weighted by Gasteiger charge is 2.36. The number of aromatic amines is 1. The molecule has 1 fully saturated rings. The summed E-state index contributed by atoms with van der Waals surface area (Å²) in [6, 6.07) is 13.0. The number of nitrogens with one attached hydrogen (secondary N) is 2. The van der Waals surface area contributed by atoms with E-state index in [0.717, 1.165) is 16.8 Å². The summed E-state index contributed by atoms with van der Waals surface area (Å²) < 4.78 is 0. The Morgan fingerprint density at radius 2 is 1.91 bits per heavy atom. The van der Waals surface area contributed by atoms with Gasteiger partial charge in [-0.15, -0.1) is 0 Å². The summed E-state index contributed by atoms with van der Waals surface area (Å²) >= 11 is 0. The van der Waals surface area contributed by atoms with E-state index in [9.17, 15) is 14.7 Å². The van der Waals surface area contributed by atoms with Gasteiger partial charge >= 0.3 is 0 Å². The molecule has 8 nitrogen and oxygen atoms in total. The summed E-state index contributed by atoms with van der Waals surface area (Å²) in [7, 11) is 0. The van der Waals surface area contributed by atoms with Crippen LogP contribution in [0.4, 0.5) is 0 Å². The summed E-state index contributed by atoms with van der Waals surface area (Å²) in [6.07, 6.45) is 2.66. The molecule has 0 radical (unpaired) electrons. The highest BCUT2D eigenvalue weighted by molar-refractivity contribution is 5.99. The third kappa shape index (κ3) is 6.06. The van der Waals surface area contributed by atoms with Crippen LogP contribution in [-0.2, 0) is 11.2 Å². The number of nitrogens with zero attached hydrogens (tertiary/aromatic N) is 2. The summed E-state index contributed by atoms with van der Waals surface area (Å²) in [4.78, 5) is 31.0. The maximum atomic E-state index is 12.7. The van der Waals surface area contributed by atoms with Crippen LogP contribution in [0.1, 0.15) is 41.0 Å². The van der Waals surface area contributed by atoms with E-state index in [2.05, 4.69) is 16.8 Å². The van der Waals surface area contributed by atoms with Crippen molar-refractivity contribution in [3.8, 4) is 11.8 Å². The van der Waals surface area contributed by atoms with E-state index in [1.54, 1.807) is 17.0 Å². The second kappa shape index (κ2) is 10.8. The number of rotatable bonds is 7. The van der Waals surface area contributed by atoms with E-state index in [0.29, 0.717) is 44.5 Å². The molecule has 0 atom stereocenters. The van der Waals surface area contributed by atoms with Crippen LogP contribution in [0.25, 0.3) is 0 Å². The molecule has 1 aromatic carbocycles. The average molecular weight is 437 g/mol. The molecule has 4 N–H and O–H groups in total. The van der Waals surface area contributed by atoms with Gasteiger partial charge in [0.15, 0.2) is 0 Å². The number of likely N-dealkylation sites (tertiary alicyclic amines) is 1. The van der Waals surface area contributed by atoms with Gasteiger partial charge in [0.05, 0.1) is 24.2 Å². The van der Waals surface area contributed by atoms with Gasteiger partial charge in [-0.1, -0.05) is 36.3 Å². The van der Waals surface area contributed by atoms with Gasteiger partial charge in [-0.3, -0.25) is 19.9 Å². The topological polar surface area (TPSA) is 121 Å². The van der Waals surface area contributed by atoms with Gasteiger partial charge in [-0.25, -0.2) is 0 Å². The Balaban J connectivity index is 1.53. The number of amides is 2. The minimum absolute atomic E-state index is 0.0297. The van der Waals surface area contributed by atoms with Crippen molar-refractivity contribution in [3.05, 3.63) is 59.4 Å². The van der Waals surface area contributed by atoms with Crippen molar-refractivity contribution in [2.24, 2.45) is 0 Å². The summed E-state index contributed by atoms with van der Waals surface area (Å²) in [5.41, 5.74) is 0.667. The van der Waals surface area contributed by atoms with Crippen LogP contribution in [0.3, 0.4) is 0 Å². The first-order valence-corrected chi connectivity index (χ1v) is 10.6. The number of benzene rings is 1. The molecule has 0 bridgehead atoms. The molecule has 0 saturated carbocycles. The number of carbonyl (C=O) groups is 2. The maximum Gasteiger partial charge on any atom is 0.275 e. The summed E-state index contributed by atoms with van der Waals surface area (Å²) in [5.74, 6) is 4.78. The lowest BCUT2D eigenvalue weighted by molar-refractivity contribution is -0.135. The fourth-order valence-corrected chi connectivity index (χ4v) is 3.76. The first-order chi connectivity index (χ1) is 15.4. The van der Waals surface area contributed by atoms with Crippen LogP contribution in [0.2, 0.25) is 0 Å². The van der Waals surface area contributed by atoms with Crippen LogP contribution < -0.4 is 0 Å². The smallest absolute Gasteiger partial charge is 0.275 e. The Hall–Kier alpha value is -3.41. The zero-order valence-corrected chi connectivity index (χ0v) is 17.9. The number of carbonyl (C=O) groups excluding carboxylic acids is 2. The molecule has 2 amide bonds. The predicted octanol–water partition coefficient (Wildman–Crippen LogP) is 1.39. The van der Waals surface area contributed by atoms with Gasteiger partial charge in [0.2, 0.25) is 5.91 Å². The van der Waals surface area contributed by atoms with Gasteiger partial charge in [0.25, 0.3) is 5.91 Å². The zero-order chi connectivity index (χ0) is 23.0. The molecule has 0 spiro atoms. The van der Waals surface area contributed by atoms with E-state index >= 15 is 0 Å². The molecule has 3 rings (SSSR count). The van der Waals surface area contributed by atoms with E-state index < -0.39 is 11.5 Å². The van der Waals surface area contributed by atoms with Crippen molar-refractivity contribution in [2.45, 2.75) is 31.3 Å². The molecule has 1 aliphatic rings. The van der Waals surface area contributed by atoms with Crippen LogP contribution >= 0.6 is 0 Å². The van der Waals surface area contributed by atoms with E-state index in [1.165, 1.54) is 0 Å². The molecule has 0 unspecified atom stereocenters. The molecule has 1 aromatic heterocycles. The third-order valence-electron chi connectivity index (χ3n) is 5.62. The quantitative estimate of drug-likeness (QED) is 0.298. The molecule has 168 valence electrons. The number of hydrogen-bond acceptors (Lipinski definition) is 5. The molecular weight excluding hydrogens is 408 g/mol. The fraction of sp³-hybridized carbons (Fsp3) is 0.375. The number of aromatic nitrogens is 1. The number of aliphatic hydroxyl groups excluding tert-OH is 1. The lowest BCUT2D eigenvalue weighted by Crippen LogP contribution is -2.53. The van der Waals surface area contributed by atoms with Crippen molar-refractivity contribution in [1.29, 1.82) is 5.41 Å². The van der Waals surface area contributed by atoms with Gasteiger partial charge in [-0.05, 0) is 42.9 Å². The zero-order valence-electron chi connectivity index (χ0n) is 17.9. The van der Waals surface area contributed by atoms with Crippen molar-refractivity contribution >= 4 is 18.2 Å². The first kappa shape index (κ1) is 23.3. The Labute approximate surface area is 187 Å². The molecule has 8 heteroatoms. The monoisotopic (exact) mass is 436 g/mol. The van der Waals surface area contributed by atoms with Crippen molar-refractivity contribution in [2.75, 3.05) is 26.2 Å². The normalized spacial score (nSPS) is 14.9. The lowest BCUT2D eigenvalue weighted by atomic mass is 9.90. The molecule has 1 aliphatic heterocycles. The van der Waals surface area contributed by atoms with Gasteiger partial charge in [-0.2, -0.15) is 0 Å². The van der Waals surface area contributed by atoms with Gasteiger partial charge in [0.1, 0.15) is 12.3 Å². The predicted molar refractivity (Wildman–Crippen MR) is 120 cm³/mol. The van der Waals surface area contributed by atoms with Crippen LogP contribution in [0, 0.1) is 17.3 Å². The number of hydrogen-bond donors (Lipinski definition) is 4. The van der Waals surface area contributed by atoms with Crippen molar-refractivity contribution in [1.82, 2.24) is 14.8 Å². The van der Waals surface area contributed by atoms with Crippen LogP contribution in [-0.4, -0.2) is 75.0 Å². The Morgan fingerprint density at radius 3 is 2.56 bits per heavy atom. The van der Waals surface area contributed by atoms with E-state index in [-0.39, 0.29) is 24.8 Å². The minimum Gasteiger partial charge on any atom is -0.388 e. The van der Waals surface area contributed by atoms with Crippen molar-refractivity contribution in [3.63, 3.8) is 0 Å². The molecule has 0 aliphatic carbocycles. The molecule has 1 saturated heterocycles. The van der Waals surface area contributed by atoms with Crippen molar-refractivity contribution < 1.29 is 19.8 Å². The Kier molecular flexibility index (Phi) is 7.82. The minimum atomic E-state index is -1.17. The summed E-state index contributed by atoms with van der Waals surface area (Å²) in [5, 5.41) is 27.4. The Morgan fingerprint density at radius 1 is 1.19 bits per heavy atom. The van der Waals surface area contributed by atoms with Crippen LogP contribution in [0.5, 0.6) is 0 Å². The van der Waals surface area contributed by atoms with E-state index in [4.69, 9.17) is 10.5 Å². The standard InChI is InChI=1S/C24H28N4O4/c25-18-28(23(31)21-10-9-20(26-21)7-4-16-29)17-24(32)12-14-27(15-13-24)22(30)11-8-19-5-2-1-3-6-19/h1-3,5-6,9-10,18,25-26,29,32H,8,11-17H2. The number of aryl methyl sites for hydroxylation is 1. The highest BCUT2D eigenvalue weighted by Crippen LogP contribution is 2.24. The van der Waals surface area contributed by atoms with Crippen LogP contribution in [0.15, 0.2) is 42.5 Å². The SMILES string of the molecule is N=CN(CC1(O)CCN(C(=O)CCc2ccccc2)CC1)C(=O)c1ccc(C#CCO)[nH]1. The number of piperidine rings is 1. The highest BCUT2D eigenvalue weighted by atomic mass is 16.3. The third-order valence-corrected chi connectivity index (χ3v) is 5.62. The molecule has 32 heavy (non-hydrogen) atoms. The Bertz CT molecular complexity index is 998. The largest absolute Gasteiger partial charge is 0.388 e. The average Bonchev–Trinajstić information content (AvgIpc) is 3.29. The number of H-pyrrole nitrogens is 1.